The van der Waals surface area contributed by atoms with E-state index in [0.717, 1.165) is 26.2 Å². The summed E-state index contributed by atoms with van der Waals surface area (Å²) >= 11 is 8.64. The molecular weight excluding hydrogens is 364 g/mol. The van der Waals surface area contributed by atoms with Gasteiger partial charge in [0.05, 0.1) is 15.2 Å². The molecule has 1 aromatic heterocycles. The van der Waals surface area contributed by atoms with Crippen molar-refractivity contribution in [3.05, 3.63) is 43.5 Å². The second kappa shape index (κ2) is 5.42. The van der Waals surface area contributed by atoms with E-state index < -0.39 is 0 Å². The molecular formula is C12H12Br2N2S. The molecule has 2 aromatic rings. The molecule has 90 valence electrons. The number of nitrogens with two attached hydrogens (primary N) is 1. The van der Waals surface area contributed by atoms with E-state index >= 15 is 0 Å². The smallest absolute Gasteiger partial charge is 0.0701 e. The molecule has 0 spiro atoms. The quantitative estimate of drug-likeness (QED) is 0.800. The van der Waals surface area contributed by atoms with Crippen LogP contribution in [0.1, 0.15) is 5.56 Å². The van der Waals surface area contributed by atoms with Crippen molar-refractivity contribution in [2.75, 3.05) is 17.7 Å². The monoisotopic (exact) mass is 374 g/mol. The molecule has 1 heterocycles. The first-order chi connectivity index (χ1) is 8.06. The van der Waals surface area contributed by atoms with Gasteiger partial charge in [-0.2, -0.15) is 0 Å². The number of thiophene rings is 1. The van der Waals surface area contributed by atoms with E-state index in [2.05, 4.69) is 48.2 Å². The van der Waals surface area contributed by atoms with E-state index in [9.17, 15) is 0 Å². The summed E-state index contributed by atoms with van der Waals surface area (Å²) in [7, 11) is 2.05. The first-order valence-corrected chi connectivity index (χ1v) is 7.52. The summed E-state index contributed by atoms with van der Waals surface area (Å²) < 4.78 is 2.20. The maximum Gasteiger partial charge on any atom is 0.0701 e. The van der Waals surface area contributed by atoms with Crippen LogP contribution < -0.4 is 10.6 Å². The standard InChI is InChI=1S/C12H12Br2N2S/c1-16(6-8-4-12(14)17-7-8)11-5-9(13)2-3-10(11)15/h2-5,7H,6,15H2,1H3. The van der Waals surface area contributed by atoms with E-state index in [0.29, 0.717) is 0 Å². The molecule has 0 saturated carbocycles. The second-order valence-electron chi connectivity index (χ2n) is 3.82. The lowest BCUT2D eigenvalue weighted by molar-refractivity contribution is 0.928. The average molecular weight is 376 g/mol. The van der Waals surface area contributed by atoms with Gasteiger partial charge in [-0.25, -0.2) is 0 Å². The molecule has 0 fully saturated rings. The molecule has 1 aromatic carbocycles. The van der Waals surface area contributed by atoms with Gasteiger partial charge in [0.15, 0.2) is 0 Å². The van der Waals surface area contributed by atoms with Gasteiger partial charge in [0.25, 0.3) is 0 Å². The Hall–Kier alpha value is -0.520. The van der Waals surface area contributed by atoms with Crippen LogP contribution in [0.25, 0.3) is 0 Å². The maximum absolute atomic E-state index is 5.98. The Bertz CT molecular complexity index is 525. The number of hydrogen-bond donors (Lipinski definition) is 1. The highest BCUT2D eigenvalue weighted by Gasteiger charge is 2.07. The summed E-state index contributed by atoms with van der Waals surface area (Å²) in [5.74, 6) is 0. The number of anilines is 2. The summed E-state index contributed by atoms with van der Waals surface area (Å²) in [6.07, 6.45) is 0. The van der Waals surface area contributed by atoms with Crippen LogP contribution in [-0.4, -0.2) is 7.05 Å². The molecule has 0 aliphatic rings. The summed E-state index contributed by atoms with van der Waals surface area (Å²) in [5, 5.41) is 2.15. The zero-order valence-electron chi connectivity index (χ0n) is 9.28. The predicted molar refractivity (Wildman–Crippen MR) is 82.7 cm³/mol. The summed E-state index contributed by atoms with van der Waals surface area (Å²) in [4.78, 5) is 2.15. The number of hydrogen-bond acceptors (Lipinski definition) is 3. The molecule has 5 heteroatoms. The van der Waals surface area contributed by atoms with Crippen molar-refractivity contribution in [2.45, 2.75) is 6.54 Å². The molecule has 2 rings (SSSR count). The van der Waals surface area contributed by atoms with Gasteiger partial charge in [0, 0.05) is 18.1 Å². The SMILES string of the molecule is CN(Cc1csc(Br)c1)c1cc(Br)ccc1N. The van der Waals surface area contributed by atoms with Crippen molar-refractivity contribution in [1.82, 2.24) is 0 Å². The minimum atomic E-state index is 0.796. The van der Waals surface area contributed by atoms with Gasteiger partial charge in [-0.1, -0.05) is 15.9 Å². The summed E-state index contributed by atoms with van der Waals surface area (Å²) in [6.45, 7) is 0.850. The fourth-order valence-corrected chi connectivity index (χ4v) is 3.18. The number of nitrogen functional groups attached to an aromatic ring is 1. The van der Waals surface area contributed by atoms with E-state index in [1.165, 1.54) is 5.56 Å². The molecule has 0 amide bonds. The van der Waals surface area contributed by atoms with Gasteiger partial charge in [0.2, 0.25) is 0 Å². The topological polar surface area (TPSA) is 29.3 Å². The Balaban J connectivity index is 2.19. The van der Waals surface area contributed by atoms with Crippen LogP contribution in [0.3, 0.4) is 0 Å². The molecule has 0 unspecified atom stereocenters. The van der Waals surface area contributed by atoms with Crippen LogP contribution >= 0.6 is 43.2 Å². The molecule has 0 aliphatic heterocycles. The van der Waals surface area contributed by atoms with Crippen molar-refractivity contribution >= 4 is 54.6 Å². The van der Waals surface area contributed by atoms with Crippen LogP contribution in [0, 0.1) is 0 Å². The largest absolute Gasteiger partial charge is 0.397 e. The zero-order valence-corrected chi connectivity index (χ0v) is 13.3. The van der Waals surface area contributed by atoms with E-state index in [1.54, 1.807) is 11.3 Å². The highest BCUT2D eigenvalue weighted by atomic mass is 79.9. The predicted octanol–water partition coefficient (Wildman–Crippen LogP) is 4.49. The second-order valence-corrected chi connectivity index (χ2v) is 7.02. The molecule has 0 radical (unpaired) electrons. The Kier molecular flexibility index (Phi) is 4.12. The van der Waals surface area contributed by atoms with Crippen molar-refractivity contribution in [3.8, 4) is 0 Å². The van der Waals surface area contributed by atoms with Crippen LogP contribution in [0.5, 0.6) is 0 Å². The molecule has 0 aliphatic carbocycles. The van der Waals surface area contributed by atoms with Crippen molar-refractivity contribution < 1.29 is 0 Å². The minimum Gasteiger partial charge on any atom is -0.397 e. The third-order valence-electron chi connectivity index (χ3n) is 2.45. The lowest BCUT2D eigenvalue weighted by atomic mass is 10.2. The third kappa shape index (κ3) is 3.24. The van der Waals surface area contributed by atoms with Gasteiger partial charge in [-0.15, -0.1) is 11.3 Å². The van der Waals surface area contributed by atoms with Crippen molar-refractivity contribution in [2.24, 2.45) is 0 Å². The zero-order chi connectivity index (χ0) is 12.4. The molecule has 2 nitrogen and oxygen atoms in total. The number of nitrogens with zero attached hydrogens (tertiary/aromatic N) is 1. The van der Waals surface area contributed by atoms with E-state index in [1.807, 2.05) is 25.2 Å². The van der Waals surface area contributed by atoms with Gasteiger partial charge >= 0.3 is 0 Å². The van der Waals surface area contributed by atoms with Crippen molar-refractivity contribution in [1.29, 1.82) is 0 Å². The van der Waals surface area contributed by atoms with Gasteiger partial charge in [-0.05, 0) is 51.1 Å². The normalized spacial score (nSPS) is 10.5. The highest BCUT2D eigenvalue weighted by Crippen LogP contribution is 2.28. The molecule has 0 bridgehead atoms. The minimum absolute atomic E-state index is 0.796. The highest BCUT2D eigenvalue weighted by molar-refractivity contribution is 9.11. The average Bonchev–Trinajstić information content (AvgIpc) is 2.67. The van der Waals surface area contributed by atoms with Gasteiger partial charge < -0.3 is 10.6 Å². The summed E-state index contributed by atoms with van der Waals surface area (Å²) in [5.41, 5.74) is 9.10. The van der Waals surface area contributed by atoms with Gasteiger partial charge in [-0.3, -0.25) is 0 Å². The third-order valence-corrected chi connectivity index (χ3v) is 4.49. The lowest BCUT2D eigenvalue weighted by Gasteiger charge is -2.20. The molecule has 17 heavy (non-hydrogen) atoms. The first kappa shape index (κ1) is 12.9. The maximum atomic E-state index is 5.98. The van der Waals surface area contributed by atoms with Crippen molar-refractivity contribution in [3.63, 3.8) is 0 Å². The summed E-state index contributed by atoms with van der Waals surface area (Å²) in [6, 6.07) is 8.04. The Morgan fingerprint density at radius 1 is 1.29 bits per heavy atom. The van der Waals surface area contributed by atoms with Crippen LogP contribution in [-0.2, 0) is 6.54 Å². The Morgan fingerprint density at radius 2 is 2.06 bits per heavy atom. The van der Waals surface area contributed by atoms with Crippen LogP contribution in [0.2, 0.25) is 0 Å². The van der Waals surface area contributed by atoms with Gasteiger partial charge in [0.1, 0.15) is 0 Å². The van der Waals surface area contributed by atoms with Crippen LogP contribution in [0.4, 0.5) is 11.4 Å². The Labute approximate surface area is 122 Å². The van der Waals surface area contributed by atoms with E-state index in [4.69, 9.17) is 5.73 Å². The fourth-order valence-electron chi connectivity index (χ4n) is 1.64. The number of halogens is 2. The number of rotatable bonds is 3. The molecule has 2 N–H and O–H groups in total. The van der Waals surface area contributed by atoms with Crippen LogP contribution in [0.15, 0.2) is 37.9 Å². The van der Waals surface area contributed by atoms with E-state index in [-0.39, 0.29) is 0 Å². The first-order valence-electron chi connectivity index (χ1n) is 5.05. The molecule has 0 atom stereocenters. The Morgan fingerprint density at radius 3 is 2.71 bits per heavy atom. The molecule has 0 saturated heterocycles. The fraction of sp³-hybridized carbons (Fsp3) is 0.167. The lowest BCUT2D eigenvalue weighted by Crippen LogP contribution is -2.17. The number of benzene rings is 1.